The maximum absolute atomic E-state index is 10.5. The molecular weight excluding hydrogens is 248 g/mol. The van der Waals surface area contributed by atoms with Gasteiger partial charge in [0.1, 0.15) is 0 Å². The van der Waals surface area contributed by atoms with Gasteiger partial charge < -0.3 is 10.0 Å². The lowest BCUT2D eigenvalue weighted by Crippen LogP contribution is -2.41. The maximum atomic E-state index is 10.5. The second-order valence-corrected chi connectivity index (χ2v) is 6.10. The van der Waals surface area contributed by atoms with Crippen LogP contribution in [0, 0.1) is 6.92 Å². The Balaban J connectivity index is 2.03. The fourth-order valence-corrected chi connectivity index (χ4v) is 3.13. The first kappa shape index (κ1) is 15.5. The van der Waals surface area contributed by atoms with Crippen LogP contribution < -0.4 is 0 Å². The highest BCUT2D eigenvalue weighted by atomic mass is 16.3. The number of aliphatic hydroxyl groups excluding tert-OH is 1. The van der Waals surface area contributed by atoms with Gasteiger partial charge in [0.15, 0.2) is 0 Å². The third-order valence-electron chi connectivity index (χ3n) is 4.33. The minimum atomic E-state index is -0.382. The molecule has 0 aromatic heterocycles. The summed E-state index contributed by atoms with van der Waals surface area (Å²) in [5, 5.41) is 10.5. The Kier molecular flexibility index (Phi) is 5.58. The smallest absolute Gasteiger partial charge is 0.0917 e. The Bertz CT molecular complexity index is 421. The van der Waals surface area contributed by atoms with E-state index in [0.29, 0.717) is 6.04 Å². The van der Waals surface area contributed by atoms with Crippen LogP contribution in [0.4, 0.5) is 0 Å². The molecule has 0 saturated carbocycles. The standard InChI is InChI=1S/C17H28N2O/c1-4-16-12-18(3)9-6-10-19(16)13-17(20)15-8-5-7-14(2)11-15/h5,7-8,11,16-17,20H,4,6,9-10,12-13H2,1-3H3. The molecule has 112 valence electrons. The molecule has 2 rings (SSSR count). The van der Waals surface area contributed by atoms with Gasteiger partial charge in [-0.2, -0.15) is 0 Å². The fraction of sp³-hybridized carbons (Fsp3) is 0.647. The van der Waals surface area contributed by atoms with E-state index < -0.39 is 0 Å². The monoisotopic (exact) mass is 276 g/mol. The van der Waals surface area contributed by atoms with Crippen molar-refractivity contribution in [3.05, 3.63) is 35.4 Å². The molecule has 1 saturated heterocycles. The molecule has 0 amide bonds. The van der Waals surface area contributed by atoms with Gasteiger partial charge in [0.2, 0.25) is 0 Å². The third kappa shape index (κ3) is 4.05. The molecule has 1 aliphatic heterocycles. The molecule has 0 bridgehead atoms. The molecule has 0 radical (unpaired) electrons. The van der Waals surface area contributed by atoms with E-state index in [0.717, 1.165) is 38.2 Å². The van der Waals surface area contributed by atoms with Crippen LogP contribution >= 0.6 is 0 Å². The minimum absolute atomic E-state index is 0.382. The highest BCUT2D eigenvalue weighted by Gasteiger charge is 2.24. The number of aryl methyl sites for hydroxylation is 1. The van der Waals surface area contributed by atoms with Gasteiger partial charge in [0, 0.05) is 19.1 Å². The first-order valence-corrected chi connectivity index (χ1v) is 7.77. The number of hydrogen-bond donors (Lipinski definition) is 1. The summed E-state index contributed by atoms with van der Waals surface area (Å²) in [5.41, 5.74) is 2.25. The Morgan fingerprint density at radius 3 is 2.85 bits per heavy atom. The van der Waals surface area contributed by atoms with Gasteiger partial charge in [0.25, 0.3) is 0 Å². The number of likely N-dealkylation sites (N-methyl/N-ethyl adjacent to an activating group) is 1. The van der Waals surface area contributed by atoms with Crippen LogP contribution in [0.25, 0.3) is 0 Å². The summed E-state index contributed by atoms with van der Waals surface area (Å²) in [5.74, 6) is 0. The molecule has 0 spiro atoms. The predicted octanol–water partition coefficient (Wildman–Crippen LogP) is 2.44. The van der Waals surface area contributed by atoms with Crippen molar-refractivity contribution in [2.75, 3.05) is 33.2 Å². The van der Waals surface area contributed by atoms with Gasteiger partial charge in [-0.15, -0.1) is 0 Å². The molecule has 1 fully saturated rings. The van der Waals surface area contributed by atoms with Crippen molar-refractivity contribution in [1.82, 2.24) is 9.80 Å². The number of aliphatic hydroxyl groups is 1. The zero-order chi connectivity index (χ0) is 14.5. The zero-order valence-electron chi connectivity index (χ0n) is 13.0. The van der Waals surface area contributed by atoms with Gasteiger partial charge in [-0.1, -0.05) is 36.8 Å². The number of nitrogens with zero attached hydrogens (tertiary/aromatic N) is 2. The highest BCUT2D eigenvalue weighted by molar-refractivity contribution is 5.24. The van der Waals surface area contributed by atoms with Crippen LogP contribution in [0.2, 0.25) is 0 Å². The number of hydrogen-bond acceptors (Lipinski definition) is 3. The van der Waals surface area contributed by atoms with Crippen molar-refractivity contribution < 1.29 is 5.11 Å². The van der Waals surface area contributed by atoms with Gasteiger partial charge >= 0.3 is 0 Å². The second-order valence-electron chi connectivity index (χ2n) is 6.10. The molecule has 1 aliphatic rings. The number of benzene rings is 1. The normalized spacial score (nSPS) is 23.5. The summed E-state index contributed by atoms with van der Waals surface area (Å²) in [4.78, 5) is 4.88. The van der Waals surface area contributed by atoms with Crippen LogP contribution in [0.15, 0.2) is 24.3 Å². The molecular formula is C17H28N2O. The SMILES string of the molecule is CCC1CN(C)CCCN1CC(O)c1cccc(C)c1. The zero-order valence-corrected chi connectivity index (χ0v) is 13.0. The average Bonchev–Trinajstić information content (AvgIpc) is 2.60. The van der Waals surface area contributed by atoms with Crippen LogP contribution in [0.3, 0.4) is 0 Å². The number of rotatable bonds is 4. The lowest BCUT2D eigenvalue weighted by atomic mass is 10.0. The predicted molar refractivity (Wildman–Crippen MR) is 83.9 cm³/mol. The topological polar surface area (TPSA) is 26.7 Å². The van der Waals surface area contributed by atoms with Crippen molar-refractivity contribution in [3.8, 4) is 0 Å². The molecule has 0 aliphatic carbocycles. The number of β-amino-alcohol motifs (C(OH)–C–C–N with tert-alkyl or cyclic N) is 1. The highest BCUT2D eigenvalue weighted by Crippen LogP contribution is 2.19. The van der Waals surface area contributed by atoms with E-state index in [4.69, 9.17) is 0 Å². The molecule has 1 N–H and O–H groups in total. The Hall–Kier alpha value is -0.900. The molecule has 2 unspecified atom stereocenters. The molecule has 3 heteroatoms. The van der Waals surface area contributed by atoms with Crippen molar-refractivity contribution in [3.63, 3.8) is 0 Å². The minimum Gasteiger partial charge on any atom is -0.387 e. The molecule has 1 aromatic carbocycles. The van der Waals surface area contributed by atoms with Crippen LogP contribution in [0.1, 0.15) is 37.0 Å². The molecule has 1 aromatic rings. The third-order valence-corrected chi connectivity index (χ3v) is 4.33. The van der Waals surface area contributed by atoms with Gasteiger partial charge in [-0.05, 0) is 45.5 Å². The fourth-order valence-electron chi connectivity index (χ4n) is 3.13. The summed E-state index contributed by atoms with van der Waals surface area (Å²) in [6.07, 6.45) is 1.95. The van der Waals surface area contributed by atoms with E-state index in [1.807, 2.05) is 12.1 Å². The first-order chi connectivity index (χ1) is 9.60. The van der Waals surface area contributed by atoms with Crippen molar-refractivity contribution in [2.24, 2.45) is 0 Å². The molecule has 1 heterocycles. The molecule has 3 nitrogen and oxygen atoms in total. The van der Waals surface area contributed by atoms with Crippen molar-refractivity contribution in [1.29, 1.82) is 0 Å². The van der Waals surface area contributed by atoms with E-state index in [2.05, 4.69) is 42.8 Å². The Morgan fingerprint density at radius 1 is 1.35 bits per heavy atom. The summed E-state index contributed by atoms with van der Waals surface area (Å²) in [6, 6.07) is 8.79. The molecule has 2 atom stereocenters. The summed E-state index contributed by atoms with van der Waals surface area (Å²) >= 11 is 0. The quantitative estimate of drug-likeness (QED) is 0.915. The van der Waals surface area contributed by atoms with E-state index >= 15 is 0 Å². The van der Waals surface area contributed by atoms with E-state index in [-0.39, 0.29) is 6.10 Å². The summed E-state index contributed by atoms with van der Waals surface area (Å²) < 4.78 is 0. The largest absolute Gasteiger partial charge is 0.387 e. The average molecular weight is 276 g/mol. The van der Waals surface area contributed by atoms with Gasteiger partial charge in [-0.3, -0.25) is 4.90 Å². The van der Waals surface area contributed by atoms with E-state index in [1.54, 1.807) is 0 Å². The van der Waals surface area contributed by atoms with Crippen LogP contribution in [-0.2, 0) is 0 Å². The molecule has 20 heavy (non-hydrogen) atoms. The van der Waals surface area contributed by atoms with Crippen molar-refractivity contribution >= 4 is 0 Å². The van der Waals surface area contributed by atoms with E-state index in [1.165, 1.54) is 12.0 Å². The second kappa shape index (κ2) is 7.21. The summed E-state index contributed by atoms with van der Waals surface area (Å²) in [7, 11) is 2.20. The maximum Gasteiger partial charge on any atom is 0.0917 e. The first-order valence-electron chi connectivity index (χ1n) is 7.77. The summed E-state index contributed by atoms with van der Waals surface area (Å²) in [6.45, 7) is 8.42. The Labute approximate surface area is 123 Å². The Morgan fingerprint density at radius 2 is 2.15 bits per heavy atom. The van der Waals surface area contributed by atoms with Crippen LogP contribution in [-0.4, -0.2) is 54.2 Å². The van der Waals surface area contributed by atoms with Gasteiger partial charge in [0.05, 0.1) is 6.10 Å². The van der Waals surface area contributed by atoms with Crippen molar-refractivity contribution in [2.45, 2.75) is 38.8 Å². The lowest BCUT2D eigenvalue weighted by Gasteiger charge is -2.31. The van der Waals surface area contributed by atoms with E-state index in [9.17, 15) is 5.11 Å². The van der Waals surface area contributed by atoms with Gasteiger partial charge in [-0.25, -0.2) is 0 Å². The lowest BCUT2D eigenvalue weighted by molar-refractivity contribution is 0.0853. The van der Waals surface area contributed by atoms with Crippen LogP contribution in [0.5, 0.6) is 0 Å².